The molecule has 0 aliphatic heterocycles. The molecule has 0 aliphatic carbocycles. The van der Waals surface area contributed by atoms with Gasteiger partial charge in [-0.2, -0.15) is 0 Å². The molecule has 80 valence electrons. The molecule has 1 N–H and O–H groups in total. The summed E-state index contributed by atoms with van der Waals surface area (Å²) in [6.45, 7) is 0. The average molecular weight is 328 g/mol. The maximum Gasteiger partial charge on any atom is 0.175 e. The predicted molar refractivity (Wildman–Crippen MR) is 64.8 cm³/mol. The van der Waals surface area contributed by atoms with E-state index in [4.69, 9.17) is 27.6 Å². The Labute approximate surface area is 109 Å². The van der Waals surface area contributed by atoms with Crippen LogP contribution in [0, 0.1) is 0 Å². The molecular weight excluding hydrogens is 323 g/mol. The van der Waals surface area contributed by atoms with Gasteiger partial charge in [-0.25, -0.2) is 0 Å². The maximum atomic E-state index is 10.0. The summed E-state index contributed by atoms with van der Waals surface area (Å²) in [4.78, 5) is 0. The molecule has 2 rings (SSSR count). The molecular formula is C9H5BrCl2O2S. The van der Waals surface area contributed by atoms with Crippen molar-refractivity contribution < 1.29 is 9.52 Å². The van der Waals surface area contributed by atoms with Gasteiger partial charge in [0.15, 0.2) is 4.67 Å². The topological polar surface area (TPSA) is 33.4 Å². The first-order valence-electron chi connectivity index (χ1n) is 3.95. The molecule has 0 saturated heterocycles. The molecule has 0 radical (unpaired) electrons. The Hall–Kier alpha value is -0.000000000000000167. The third-order valence-electron chi connectivity index (χ3n) is 1.92. The molecule has 1 unspecified atom stereocenters. The van der Waals surface area contributed by atoms with Crippen molar-refractivity contribution in [2.75, 3.05) is 0 Å². The molecule has 2 heterocycles. The Kier molecular flexibility index (Phi) is 3.42. The van der Waals surface area contributed by atoms with E-state index < -0.39 is 6.10 Å². The highest BCUT2D eigenvalue weighted by molar-refractivity contribution is 9.10. The van der Waals surface area contributed by atoms with Crippen LogP contribution in [0.25, 0.3) is 0 Å². The van der Waals surface area contributed by atoms with E-state index >= 15 is 0 Å². The second kappa shape index (κ2) is 4.47. The molecule has 6 heteroatoms. The van der Waals surface area contributed by atoms with Crippen molar-refractivity contribution in [2.45, 2.75) is 6.10 Å². The van der Waals surface area contributed by atoms with E-state index in [0.29, 0.717) is 24.5 Å². The van der Waals surface area contributed by atoms with Crippen LogP contribution in [0.5, 0.6) is 0 Å². The number of thiophene rings is 1. The zero-order valence-corrected chi connectivity index (χ0v) is 11.1. The molecule has 2 aromatic heterocycles. The van der Waals surface area contributed by atoms with Crippen molar-refractivity contribution in [1.29, 1.82) is 0 Å². The van der Waals surface area contributed by atoms with Crippen LogP contribution in [0.1, 0.15) is 17.2 Å². The van der Waals surface area contributed by atoms with Crippen LogP contribution < -0.4 is 0 Å². The van der Waals surface area contributed by atoms with Crippen LogP contribution in [0.2, 0.25) is 8.67 Å². The molecule has 0 aromatic carbocycles. The predicted octanol–water partition coefficient (Wildman–Crippen LogP) is 4.49. The summed E-state index contributed by atoms with van der Waals surface area (Å²) in [5, 5.41) is 10.0. The van der Waals surface area contributed by atoms with Crippen LogP contribution >= 0.6 is 50.5 Å². The smallest absolute Gasteiger partial charge is 0.175 e. The highest BCUT2D eigenvalue weighted by Gasteiger charge is 2.20. The molecule has 0 aliphatic rings. The number of halogens is 3. The number of rotatable bonds is 2. The minimum Gasteiger partial charge on any atom is -0.457 e. The summed E-state index contributed by atoms with van der Waals surface area (Å²) in [5.41, 5.74) is 1.22. The Morgan fingerprint density at radius 2 is 2.13 bits per heavy atom. The standard InChI is InChI=1S/C9H5BrCl2O2S/c10-8-4(1-2-14-8)7(13)5-3-6(11)15-9(5)12/h1-3,7,13H. The van der Waals surface area contributed by atoms with E-state index in [0.717, 1.165) is 0 Å². The normalized spacial score (nSPS) is 13.1. The van der Waals surface area contributed by atoms with Gasteiger partial charge in [0.05, 0.1) is 10.6 Å². The molecule has 2 aromatic rings. The highest BCUT2D eigenvalue weighted by atomic mass is 79.9. The fourth-order valence-electron chi connectivity index (χ4n) is 1.21. The molecule has 1 atom stereocenters. The monoisotopic (exact) mass is 326 g/mol. The fourth-order valence-corrected chi connectivity index (χ4v) is 3.18. The van der Waals surface area contributed by atoms with Gasteiger partial charge in [-0.3, -0.25) is 0 Å². The molecule has 0 fully saturated rings. The zero-order chi connectivity index (χ0) is 11.0. The van der Waals surface area contributed by atoms with E-state index in [-0.39, 0.29) is 0 Å². The van der Waals surface area contributed by atoms with E-state index in [2.05, 4.69) is 15.9 Å². The lowest BCUT2D eigenvalue weighted by molar-refractivity contribution is 0.218. The average Bonchev–Trinajstić information content (AvgIpc) is 2.71. The highest BCUT2D eigenvalue weighted by Crippen LogP contribution is 2.39. The lowest BCUT2D eigenvalue weighted by atomic mass is 10.1. The number of furan rings is 1. The minimum absolute atomic E-state index is 0.487. The van der Waals surface area contributed by atoms with Crippen LogP contribution in [0.4, 0.5) is 0 Å². The van der Waals surface area contributed by atoms with Crippen molar-refractivity contribution >= 4 is 50.5 Å². The van der Waals surface area contributed by atoms with Crippen LogP contribution in [0.3, 0.4) is 0 Å². The first-order chi connectivity index (χ1) is 7.09. The lowest BCUT2D eigenvalue weighted by Crippen LogP contribution is -1.97. The van der Waals surface area contributed by atoms with Crippen LogP contribution in [-0.4, -0.2) is 5.11 Å². The van der Waals surface area contributed by atoms with Gasteiger partial charge in [0.25, 0.3) is 0 Å². The van der Waals surface area contributed by atoms with Gasteiger partial charge >= 0.3 is 0 Å². The van der Waals surface area contributed by atoms with E-state index in [1.165, 1.54) is 17.6 Å². The summed E-state index contributed by atoms with van der Waals surface area (Å²) in [5.74, 6) is 0. The molecule has 15 heavy (non-hydrogen) atoms. The number of aliphatic hydroxyl groups excluding tert-OH is 1. The quantitative estimate of drug-likeness (QED) is 0.881. The third kappa shape index (κ3) is 2.24. The van der Waals surface area contributed by atoms with Crippen molar-refractivity contribution in [2.24, 2.45) is 0 Å². The summed E-state index contributed by atoms with van der Waals surface area (Å²) in [6.07, 6.45) is 0.666. The Morgan fingerprint density at radius 1 is 1.40 bits per heavy atom. The van der Waals surface area contributed by atoms with Crippen molar-refractivity contribution in [3.05, 3.63) is 42.9 Å². The van der Waals surface area contributed by atoms with Gasteiger partial charge in [0.1, 0.15) is 10.4 Å². The molecule has 0 amide bonds. The zero-order valence-electron chi connectivity index (χ0n) is 7.21. The maximum absolute atomic E-state index is 10.0. The summed E-state index contributed by atoms with van der Waals surface area (Å²) < 4.78 is 6.57. The minimum atomic E-state index is -0.825. The van der Waals surface area contributed by atoms with Crippen LogP contribution in [0.15, 0.2) is 27.5 Å². The van der Waals surface area contributed by atoms with Gasteiger partial charge < -0.3 is 9.52 Å². The molecule has 2 nitrogen and oxygen atoms in total. The first kappa shape index (κ1) is 11.5. The number of aliphatic hydroxyl groups is 1. The van der Waals surface area contributed by atoms with Gasteiger partial charge in [-0.15, -0.1) is 11.3 Å². The second-order valence-electron chi connectivity index (χ2n) is 2.83. The van der Waals surface area contributed by atoms with Crippen molar-refractivity contribution in [3.8, 4) is 0 Å². The molecule has 0 saturated carbocycles. The summed E-state index contributed by atoms with van der Waals surface area (Å²) in [6, 6.07) is 3.33. The Balaban J connectivity index is 2.40. The number of hydrogen-bond acceptors (Lipinski definition) is 3. The van der Waals surface area contributed by atoms with E-state index in [1.807, 2.05) is 0 Å². The largest absolute Gasteiger partial charge is 0.457 e. The van der Waals surface area contributed by atoms with E-state index in [9.17, 15) is 5.11 Å². The van der Waals surface area contributed by atoms with Crippen molar-refractivity contribution in [1.82, 2.24) is 0 Å². The second-order valence-corrected chi connectivity index (χ2v) is 5.84. The fraction of sp³-hybridized carbons (Fsp3) is 0.111. The Bertz CT molecular complexity index is 480. The molecule has 0 spiro atoms. The summed E-state index contributed by atoms with van der Waals surface area (Å²) in [7, 11) is 0. The van der Waals surface area contributed by atoms with Gasteiger partial charge in [-0.1, -0.05) is 23.2 Å². The van der Waals surface area contributed by atoms with Gasteiger partial charge in [0.2, 0.25) is 0 Å². The first-order valence-corrected chi connectivity index (χ1v) is 6.32. The third-order valence-corrected chi connectivity index (χ3v) is 4.08. The van der Waals surface area contributed by atoms with E-state index in [1.54, 1.807) is 12.1 Å². The lowest BCUT2D eigenvalue weighted by Gasteiger charge is -2.07. The van der Waals surface area contributed by atoms with Crippen molar-refractivity contribution in [3.63, 3.8) is 0 Å². The van der Waals surface area contributed by atoms with Gasteiger partial charge in [0, 0.05) is 11.1 Å². The van der Waals surface area contributed by atoms with Crippen LogP contribution in [-0.2, 0) is 0 Å². The summed E-state index contributed by atoms with van der Waals surface area (Å²) >= 11 is 16.2. The van der Waals surface area contributed by atoms with Gasteiger partial charge in [-0.05, 0) is 28.1 Å². The number of hydrogen-bond donors (Lipinski definition) is 1. The SMILES string of the molecule is OC(c1ccoc1Br)c1cc(Cl)sc1Cl. The Morgan fingerprint density at radius 3 is 2.60 bits per heavy atom. The molecule has 0 bridgehead atoms.